The molecule has 9 heavy (non-hydrogen) atoms. The van der Waals surface area contributed by atoms with Gasteiger partial charge in [0, 0.05) is 33.3 Å². The Hall–Kier alpha value is -0.120. The van der Waals surface area contributed by atoms with Crippen LogP contribution in [-0.4, -0.2) is 44.9 Å². The highest BCUT2D eigenvalue weighted by molar-refractivity contribution is 4.63. The quantitative estimate of drug-likeness (QED) is 0.545. The van der Waals surface area contributed by atoms with Gasteiger partial charge in [-0.2, -0.15) is 0 Å². The number of rotatable bonds is 2. The van der Waals surface area contributed by atoms with Gasteiger partial charge in [0.25, 0.3) is 0 Å². The summed E-state index contributed by atoms with van der Waals surface area (Å²) < 4.78 is 4.98. The molecule has 0 bridgehead atoms. The number of piperazine rings is 1. The van der Waals surface area contributed by atoms with Gasteiger partial charge in [-0.1, -0.05) is 0 Å². The first kappa shape index (κ1) is 6.99. The second kappa shape index (κ2) is 3.82. The largest absolute Gasteiger partial charge is 0.369 e. The number of nitrogens with one attached hydrogen (secondary N) is 1. The van der Waals surface area contributed by atoms with Crippen molar-refractivity contribution in [3.05, 3.63) is 0 Å². The molecule has 1 N–H and O–H groups in total. The highest BCUT2D eigenvalue weighted by Crippen LogP contribution is 1.89. The summed E-state index contributed by atoms with van der Waals surface area (Å²) in [7, 11) is 1.74. The lowest BCUT2D eigenvalue weighted by molar-refractivity contribution is 0.0553. The predicted octanol–water partition coefficient (Wildman–Crippen LogP) is -0.504. The van der Waals surface area contributed by atoms with Crippen LogP contribution in [0, 0.1) is 0 Å². The Morgan fingerprint density at radius 3 is 2.67 bits per heavy atom. The number of methoxy groups -OCH3 is 1. The molecule has 54 valence electrons. The highest BCUT2D eigenvalue weighted by Gasteiger charge is 2.06. The first-order valence-electron chi connectivity index (χ1n) is 3.35. The van der Waals surface area contributed by atoms with Gasteiger partial charge in [0.15, 0.2) is 0 Å². The fraction of sp³-hybridized carbons (Fsp3) is 1.00. The third-order valence-corrected chi connectivity index (χ3v) is 1.52. The minimum Gasteiger partial charge on any atom is -0.369 e. The molecule has 0 aromatic heterocycles. The van der Waals surface area contributed by atoms with Crippen LogP contribution < -0.4 is 5.32 Å². The topological polar surface area (TPSA) is 24.5 Å². The molecule has 0 spiro atoms. The first-order chi connectivity index (χ1) is 4.43. The average molecular weight is 130 g/mol. The fourth-order valence-electron chi connectivity index (χ4n) is 1.02. The summed E-state index contributed by atoms with van der Waals surface area (Å²) in [5, 5.41) is 3.28. The van der Waals surface area contributed by atoms with Gasteiger partial charge >= 0.3 is 0 Å². The lowest BCUT2D eigenvalue weighted by atomic mass is 10.4. The molecule has 1 heterocycles. The summed E-state index contributed by atoms with van der Waals surface area (Å²) in [6.45, 7) is 5.22. The third kappa shape index (κ3) is 2.30. The molecule has 3 heteroatoms. The van der Waals surface area contributed by atoms with E-state index in [1.54, 1.807) is 7.11 Å². The Morgan fingerprint density at radius 1 is 1.44 bits per heavy atom. The van der Waals surface area contributed by atoms with Gasteiger partial charge in [-0.05, 0) is 0 Å². The Bertz CT molecular complexity index is 68.7. The molecule has 0 saturated carbocycles. The van der Waals surface area contributed by atoms with Gasteiger partial charge in [-0.3, -0.25) is 4.90 Å². The lowest BCUT2D eigenvalue weighted by Crippen LogP contribution is -2.44. The average Bonchev–Trinajstić information content (AvgIpc) is 1.91. The zero-order valence-corrected chi connectivity index (χ0v) is 5.89. The van der Waals surface area contributed by atoms with Crippen molar-refractivity contribution in [3.63, 3.8) is 0 Å². The summed E-state index contributed by atoms with van der Waals surface area (Å²) in [6.07, 6.45) is 0. The van der Waals surface area contributed by atoms with Crippen molar-refractivity contribution in [3.8, 4) is 0 Å². The molecule has 0 radical (unpaired) electrons. The number of hydrogen-bond acceptors (Lipinski definition) is 3. The molecule has 0 aromatic carbocycles. The van der Waals surface area contributed by atoms with Crippen LogP contribution in [0.2, 0.25) is 0 Å². The number of hydrogen-bond donors (Lipinski definition) is 1. The molecule has 1 saturated heterocycles. The van der Waals surface area contributed by atoms with Crippen LogP contribution in [0.15, 0.2) is 0 Å². The summed E-state index contributed by atoms with van der Waals surface area (Å²) in [5.41, 5.74) is 0. The van der Waals surface area contributed by atoms with Gasteiger partial charge in [-0.15, -0.1) is 0 Å². The van der Waals surface area contributed by atoms with Crippen molar-refractivity contribution in [1.82, 2.24) is 10.2 Å². The van der Waals surface area contributed by atoms with Crippen LogP contribution in [0.4, 0.5) is 0 Å². The molecular weight excluding hydrogens is 116 g/mol. The van der Waals surface area contributed by atoms with Gasteiger partial charge < -0.3 is 10.1 Å². The van der Waals surface area contributed by atoms with E-state index in [0.29, 0.717) is 0 Å². The fourth-order valence-corrected chi connectivity index (χ4v) is 1.02. The van der Waals surface area contributed by atoms with Crippen molar-refractivity contribution < 1.29 is 4.74 Å². The summed E-state index contributed by atoms with van der Waals surface area (Å²) in [6, 6.07) is 0. The van der Waals surface area contributed by atoms with E-state index in [9.17, 15) is 0 Å². The minimum atomic E-state index is 0.779. The zero-order valence-electron chi connectivity index (χ0n) is 5.89. The Kier molecular flexibility index (Phi) is 2.97. The van der Waals surface area contributed by atoms with Crippen molar-refractivity contribution in [2.75, 3.05) is 40.0 Å². The van der Waals surface area contributed by atoms with Crippen LogP contribution in [0.25, 0.3) is 0 Å². The lowest BCUT2D eigenvalue weighted by Gasteiger charge is -2.25. The molecule has 0 amide bonds. The third-order valence-electron chi connectivity index (χ3n) is 1.52. The van der Waals surface area contributed by atoms with E-state index in [1.807, 2.05) is 0 Å². The standard InChI is InChI=1S/C6H14N2O/c1-9-6-8-4-2-7-3-5-8/h7H,2-6H2,1H3. The smallest absolute Gasteiger partial charge is 0.0987 e. The van der Waals surface area contributed by atoms with Gasteiger partial charge in [0.2, 0.25) is 0 Å². The maximum absolute atomic E-state index is 4.98. The first-order valence-corrected chi connectivity index (χ1v) is 3.35. The van der Waals surface area contributed by atoms with Crippen molar-refractivity contribution >= 4 is 0 Å². The molecule has 0 aromatic rings. The maximum atomic E-state index is 4.98. The van der Waals surface area contributed by atoms with Gasteiger partial charge in [-0.25, -0.2) is 0 Å². The Balaban J connectivity index is 2.08. The van der Waals surface area contributed by atoms with Crippen molar-refractivity contribution in [2.24, 2.45) is 0 Å². The Labute approximate surface area is 56.0 Å². The number of ether oxygens (including phenoxy) is 1. The van der Waals surface area contributed by atoms with Crippen LogP contribution in [-0.2, 0) is 4.74 Å². The zero-order chi connectivity index (χ0) is 6.53. The maximum Gasteiger partial charge on any atom is 0.0987 e. The van der Waals surface area contributed by atoms with Crippen LogP contribution >= 0.6 is 0 Å². The normalized spacial score (nSPS) is 22.3. The molecule has 0 unspecified atom stereocenters. The van der Waals surface area contributed by atoms with E-state index in [1.165, 1.54) is 0 Å². The van der Waals surface area contributed by atoms with E-state index in [4.69, 9.17) is 4.74 Å². The molecule has 1 rings (SSSR count). The molecule has 1 aliphatic heterocycles. The molecule has 0 atom stereocenters. The van der Waals surface area contributed by atoms with E-state index in [-0.39, 0.29) is 0 Å². The summed E-state index contributed by atoms with van der Waals surface area (Å²) in [5.74, 6) is 0. The SMILES string of the molecule is COCN1CCNCC1. The molecular formula is C6H14N2O. The van der Waals surface area contributed by atoms with E-state index in [2.05, 4.69) is 10.2 Å². The van der Waals surface area contributed by atoms with E-state index in [0.717, 1.165) is 32.9 Å². The summed E-state index contributed by atoms with van der Waals surface area (Å²) in [4.78, 5) is 2.29. The molecule has 1 fully saturated rings. The van der Waals surface area contributed by atoms with Crippen LogP contribution in [0.3, 0.4) is 0 Å². The van der Waals surface area contributed by atoms with Crippen molar-refractivity contribution in [1.29, 1.82) is 0 Å². The van der Waals surface area contributed by atoms with Gasteiger partial charge in [0.1, 0.15) is 0 Å². The highest BCUT2D eigenvalue weighted by atomic mass is 16.5. The number of nitrogens with zero attached hydrogens (tertiary/aromatic N) is 1. The molecule has 0 aliphatic carbocycles. The monoisotopic (exact) mass is 130 g/mol. The predicted molar refractivity (Wildman–Crippen MR) is 36.3 cm³/mol. The molecule has 3 nitrogen and oxygen atoms in total. The Morgan fingerprint density at radius 2 is 2.11 bits per heavy atom. The van der Waals surface area contributed by atoms with E-state index < -0.39 is 0 Å². The summed E-state index contributed by atoms with van der Waals surface area (Å²) >= 11 is 0. The second-order valence-corrected chi connectivity index (χ2v) is 2.29. The molecule has 1 aliphatic rings. The van der Waals surface area contributed by atoms with Crippen LogP contribution in [0.5, 0.6) is 0 Å². The van der Waals surface area contributed by atoms with Crippen molar-refractivity contribution in [2.45, 2.75) is 0 Å². The second-order valence-electron chi connectivity index (χ2n) is 2.29. The van der Waals surface area contributed by atoms with Crippen LogP contribution in [0.1, 0.15) is 0 Å². The van der Waals surface area contributed by atoms with Gasteiger partial charge in [0.05, 0.1) is 6.73 Å². The minimum absolute atomic E-state index is 0.779. The van der Waals surface area contributed by atoms with E-state index >= 15 is 0 Å².